The molecule has 0 aliphatic heterocycles. The molecule has 3 nitrogen and oxygen atoms in total. The first kappa shape index (κ1) is 15.3. The van der Waals surface area contributed by atoms with Gasteiger partial charge >= 0.3 is 0 Å². The average Bonchev–Trinajstić information content (AvgIpc) is 2.35. The molecular weight excluding hydrogens is 252 g/mol. The molecule has 0 heterocycles. The lowest BCUT2D eigenvalue weighted by atomic mass is 10.0. The van der Waals surface area contributed by atoms with Crippen molar-refractivity contribution in [3.8, 4) is 5.75 Å². The quantitative estimate of drug-likeness (QED) is 0.739. The van der Waals surface area contributed by atoms with Gasteiger partial charge < -0.3 is 14.6 Å². The van der Waals surface area contributed by atoms with Crippen LogP contribution in [0, 0.1) is 0 Å². The summed E-state index contributed by atoms with van der Waals surface area (Å²) in [7, 11) is 0. The van der Waals surface area contributed by atoms with Crippen LogP contribution in [-0.4, -0.2) is 31.5 Å². The van der Waals surface area contributed by atoms with E-state index in [1.165, 1.54) is 0 Å². The Balaban J connectivity index is 2.71. The first-order valence-corrected chi connectivity index (χ1v) is 6.72. The summed E-state index contributed by atoms with van der Waals surface area (Å²) in [6.45, 7) is 6.44. The van der Waals surface area contributed by atoms with E-state index in [4.69, 9.17) is 21.1 Å². The second-order valence-corrected chi connectivity index (χ2v) is 4.40. The molecule has 1 N–H and O–H groups in total. The minimum atomic E-state index is 0.318. The minimum Gasteiger partial charge on any atom is -0.507 e. The van der Waals surface area contributed by atoms with Gasteiger partial charge in [-0.05, 0) is 49.9 Å². The fraction of sp³-hybridized carbons (Fsp3) is 0.571. The lowest BCUT2D eigenvalue weighted by molar-refractivity contribution is 0.149. The Labute approximate surface area is 114 Å². The normalized spacial score (nSPS) is 10.8. The fourth-order valence-electron chi connectivity index (χ4n) is 1.75. The van der Waals surface area contributed by atoms with Crippen LogP contribution in [0.5, 0.6) is 5.75 Å². The van der Waals surface area contributed by atoms with E-state index >= 15 is 0 Å². The van der Waals surface area contributed by atoms with Gasteiger partial charge in [0.15, 0.2) is 0 Å². The predicted octanol–water partition coefficient (Wildman–Crippen LogP) is 3.20. The molecule has 0 saturated carbocycles. The summed E-state index contributed by atoms with van der Waals surface area (Å²) in [6.07, 6.45) is 1.34. The molecule has 0 aliphatic carbocycles. The standard InChI is InChI=1S/C14H21ClO3/c1-3-17-7-5-11-9-13(15)10-12(14(11)16)6-8-18-4-2/h9-10,16H,3-8H2,1-2H3. The van der Waals surface area contributed by atoms with Gasteiger partial charge in [-0.15, -0.1) is 0 Å². The van der Waals surface area contributed by atoms with E-state index in [2.05, 4.69) is 0 Å². The number of benzene rings is 1. The molecule has 102 valence electrons. The largest absolute Gasteiger partial charge is 0.507 e. The Hall–Kier alpha value is -0.770. The van der Waals surface area contributed by atoms with Crippen LogP contribution >= 0.6 is 11.6 Å². The molecule has 0 spiro atoms. The van der Waals surface area contributed by atoms with Crippen LogP contribution in [0.15, 0.2) is 12.1 Å². The van der Waals surface area contributed by atoms with Gasteiger partial charge in [-0.2, -0.15) is 0 Å². The number of ether oxygens (including phenoxy) is 2. The number of hydrogen-bond donors (Lipinski definition) is 1. The molecular formula is C14H21ClO3. The SMILES string of the molecule is CCOCCc1cc(Cl)cc(CCOCC)c1O. The highest BCUT2D eigenvalue weighted by atomic mass is 35.5. The molecule has 1 aromatic carbocycles. The van der Waals surface area contributed by atoms with E-state index in [0.717, 1.165) is 11.1 Å². The highest BCUT2D eigenvalue weighted by molar-refractivity contribution is 6.30. The first-order chi connectivity index (χ1) is 8.69. The van der Waals surface area contributed by atoms with Crippen LogP contribution in [-0.2, 0) is 22.3 Å². The number of phenolic OH excluding ortho intramolecular Hbond substituents is 1. The molecule has 0 aliphatic rings. The number of rotatable bonds is 8. The van der Waals surface area contributed by atoms with Crippen molar-refractivity contribution in [2.24, 2.45) is 0 Å². The second-order valence-electron chi connectivity index (χ2n) is 3.97. The number of aromatic hydroxyl groups is 1. The van der Waals surface area contributed by atoms with Gasteiger partial charge in [-0.1, -0.05) is 11.6 Å². The van der Waals surface area contributed by atoms with Crippen LogP contribution in [0.2, 0.25) is 5.02 Å². The smallest absolute Gasteiger partial charge is 0.122 e. The molecule has 0 radical (unpaired) electrons. The van der Waals surface area contributed by atoms with Crippen molar-refractivity contribution in [1.82, 2.24) is 0 Å². The third kappa shape index (κ3) is 4.84. The van der Waals surface area contributed by atoms with E-state index in [9.17, 15) is 5.11 Å². The van der Waals surface area contributed by atoms with E-state index in [1.54, 1.807) is 12.1 Å². The molecule has 0 saturated heterocycles. The number of hydrogen-bond acceptors (Lipinski definition) is 3. The fourth-order valence-corrected chi connectivity index (χ4v) is 2.01. The van der Waals surface area contributed by atoms with Gasteiger partial charge in [0.25, 0.3) is 0 Å². The van der Waals surface area contributed by atoms with Crippen LogP contribution in [0.4, 0.5) is 0 Å². The van der Waals surface area contributed by atoms with Gasteiger partial charge in [0, 0.05) is 18.2 Å². The van der Waals surface area contributed by atoms with Gasteiger partial charge in [-0.3, -0.25) is 0 Å². The zero-order valence-electron chi connectivity index (χ0n) is 11.0. The Morgan fingerprint density at radius 2 is 1.44 bits per heavy atom. The van der Waals surface area contributed by atoms with E-state index in [-0.39, 0.29) is 0 Å². The summed E-state index contributed by atoms with van der Waals surface area (Å²) in [4.78, 5) is 0. The van der Waals surface area contributed by atoms with Gasteiger partial charge in [0.05, 0.1) is 13.2 Å². The van der Waals surface area contributed by atoms with Gasteiger partial charge in [0.1, 0.15) is 5.75 Å². The Morgan fingerprint density at radius 1 is 1.00 bits per heavy atom. The van der Waals surface area contributed by atoms with Crippen molar-refractivity contribution in [2.45, 2.75) is 26.7 Å². The third-order valence-electron chi connectivity index (χ3n) is 2.67. The molecule has 0 atom stereocenters. The van der Waals surface area contributed by atoms with E-state index < -0.39 is 0 Å². The molecule has 1 aromatic rings. The molecule has 4 heteroatoms. The van der Waals surface area contributed by atoms with E-state index in [0.29, 0.717) is 50.0 Å². The molecule has 0 bridgehead atoms. The van der Waals surface area contributed by atoms with Crippen molar-refractivity contribution in [2.75, 3.05) is 26.4 Å². The van der Waals surface area contributed by atoms with Crippen molar-refractivity contribution in [3.05, 3.63) is 28.3 Å². The van der Waals surface area contributed by atoms with Crippen molar-refractivity contribution >= 4 is 11.6 Å². The van der Waals surface area contributed by atoms with Gasteiger partial charge in [0.2, 0.25) is 0 Å². The lowest BCUT2D eigenvalue weighted by Gasteiger charge is -2.11. The topological polar surface area (TPSA) is 38.7 Å². The minimum absolute atomic E-state index is 0.318. The monoisotopic (exact) mass is 272 g/mol. The Bertz CT molecular complexity index is 335. The summed E-state index contributed by atoms with van der Waals surface area (Å²) >= 11 is 6.05. The lowest BCUT2D eigenvalue weighted by Crippen LogP contribution is -2.02. The second kappa shape index (κ2) is 8.35. The third-order valence-corrected chi connectivity index (χ3v) is 2.89. The van der Waals surface area contributed by atoms with Crippen LogP contribution < -0.4 is 0 Å². The molecule has 0 unspecified atom stereocenters. The highest BCUT2D eigenvalue weighted by Gasteiger charge is 2.09. The van der Waals surface area contributed by atoms with Gasteiger partial charge in [-0.25, -0.2) is 0 Å². The molecule has 0 aromatic heterocycles. The summed E-state index contributed by atoms with van der Waals surface area (Å²) in [5.74, 6) is 0.318. The van der Waals surface area contributed by atoms with Crippen LogP contribution in [0.1, 0.15) is 25.0 Å². The van der Waals surface area contributed by atoms with Crippen LogP contribution in [0.25, 0.3) is 0 Å². The Kier molecular flexibility index (Phi) is 7.09. The number of halogens is 1. The molecule has 0 amide bonds. The summed E-state index contributed by atoms with van der Waals surface area (Å²) in [5.41, 5.74) is 1.67. The zero-order chi connectivity index (χ0) is 13.4. The summed E-state index contributed by atoms with van der Waals surface area (Å²) in [5, 5.41) is 10.8. The maximum absolute atomic E-state index is 10.1. The van der Waals surface area contributed by atoms with Crippen molar-refractivity contribution in [3.63, 3.8) is 0 Å². The predicted molar refractivity (Wildman–Crippen MR) is 73.5 cm³/mol. The number of phenols is 1. The summed E-state index contributed by atoms with van der Waals surface area (Å²) < 4.78 is 10.6. The molecule has 1 rings (SSSR count). The maximum atomic E-state index is 10.1. The maximum Gasteiger partial charge on any atom is 0.122 e. The van der Waals surface area contributed by atoms with E-state index in [1.807, 2.05) is 13.8 Å². The molecule has 18 heavy (non-hydrogen) atoms. The first-order valence-electron chi connectivity index (χ1n) is 6.34. The van der Waals surface area contributed by atoms with Crippen molar-refractivity contribution in [1.29, 1.82) is 0 Å². The highest BCUT2D eigenvalue weighted by Crippen LogP contribution is 2.28. The zero-order valence-corrected chi connectivity index (χ0v) is 11.8. The van der Waals surface area contributed by atoms with Crippen LogP contribution in [0.3, 0.4) is 0 Å². The average molecular weight is 273 g/mol. The Morgan fingerprint density at radius 3 is 1.83 bits per heavy atom. The van der Waals surface area contributed by atoms with Crippen molar-refractivity contribution < 1.29 is 14.6 Å². The summed E-state index contributed by atoms with van der Waals surface area (Å²) in [6, 6.07) is 3.58. The molecule has 0 fully saturated rings.